The summed E-state index contributed by atoms with van der Waals surface area (Å²) >= 11 is 1.64. The maximum Gasteiger partial charge on any atom is 0.255 e. The molecule has 164 valence electrons. The van der Waals surface area contributed by atoms with Crippen molar-refractivity contribution in [3.05, 3.63) is 88.9 Å². The van der Waals surface area contributed by atoms with Gasteiger partial charge in [0.15, 0.2) is 0 Å². The Balaban J connectivity index is 1.73. The summed E-state index contributed by atoms with van der Waals surface area (Å²) in [6.45, 7) is 8.31. The second-order valence-corrected chi connectivity index (χ2v) is 8.66. The Hall–Kier alpha value is -3.18. The Morgan fingerprint density at radius 3 is 2.31 bits per heavy atom. The molecule has 0 aliphatic rings. The highest BCUT2D eigenvalue weighted by Crippen LogP contribution is 2.32. The van der Waals surface area contributed by atoms with E-state index >= 15 is 0 Å². The minimum Gasteiger partial charge on any atom is -0.342 e. The van der Waals surface area contributed by atoms with Gasteiger partial charge in [0, 0.05) is 36.3 Å². The third kappa shape index (κ3) is 4.53. The van der Waals surface area contributed by atoms with E-state index in [9.17, 15) is 4.79 Å². The largest absolute Gasteiger partial charge is 0.342 e. The van der Waals surface area contributed by atoms with E-state index in [-0.39, 0.29) is 5.91 Å². The SMILES string of the molecule is CCN(CC)C(=O)c1cc(-c2csc(-c3ccccc3)n2)n(CCc2ccccc2)c1C. The molecule has 4 nitrogen and oxygen atoms in total. The zero-order valence-corrected chi connectivity index (χ0v) is 19.7. The summed E-state index contributed by atoms with van der Waals surface area (Å²) in [5.41, 5.74) is 6.10. The third-order valence-corrected chi connectivity index (χ3v) is 6.79. The first-order valence-corrected chi connectivity index (χ1v) is 12.0. The van der Waals surface area contributed by atoms with Crippen LogP contribution in [0.2, 0.25) is 0 Å². The number of nitrogens with zero attached hydrogens (tertiary/aromatic N) is 3. The van der Waals surface area contributed by atoms with Gasteiger partial charge >= 0.3 is 0 Å². The first kappa shape index (κ1) is 22.0. The number of hydrogen-bond donors (Lipinski definition) is 0. The van der Waals surface area contributed by atoms with Crippen LogP contribution >= 0.6 is 11.3 Å². The van der Waals surface area contributed by atoms with Gasteiger partial charge in [0.05, 0.1) is 17.0 Å². The molecule has 2 aromatic heterocycles. The molecule has 0 spiro atoms. The molecule has 5 heteroatoms. The summed E-state index contributed by atoms with van der Waals surface area (Å²) in [5, 5.41) is 3.09. The van der Waals surface area contributed by atoms with Crippen LogP contribution in [0.3, 0.4) is 0 Å². The van der Waals surface area contributed by atoms with Crippen LogP contribution in [0.25, 0.3) is 22.0 Å². The Bertz CT molecular complexity index is 1170. The average molecular weight is 444 g/mol. The predicted molar refractivity (Wildman–Crippen MR) is 133 cm³/mol. The van der Waals surface area contributed by atoms with E-state index in [0.717, 1.165) is 46.2 Å². The van der Waals surface area contributed by atoms with Gasteiger partial charge in [-0.2, -0.15) is 0 Å². The molecule has 0 bridgehead atoms. The maximum absolute atomic E-state index is 13.2. The summed E-state index contributed by atoms with van der Waals surface area (Å²) in [7, 11) is 0. The zero-order valence-electron chi connectivity index (χ0n) is 18.9. The van der Waals surface area contributed by atoms with Crippen LogP contribution in [-0.2, 0) is 13.0 Å². The van der Waals surface area contributed by atoms with E-state index in [4.69, 9.17) is 4.98 Å². The molecule has 4 rings (SSSR count). The third-order valence-electron chi connectivity index (χ3n) is 5.90. The molecule has 0 saturated heterocycles. The van der Waals surface area contributed by atoms with E-state index in [0.29, 0.717) is 13.1 Å². The molecule has 0 N–H and O–H groups in total. The van der Waals surface area contributed by atoms with E-state index in [1.165, 1.54) is 5.56 Å². The molecule has 2 aromatic carbocycles. The topological polar surface area (TPSA) is 38.1 Å². The molecule has 0 aliphatic heterocycles. The van der Waals surface area contributed by atoms with Crippen LogP contribution in [0.4, 0.5) is 0 Å². The van der Waals surface area contributed by atoms with Gasteiger partial charge in [-0.15, -0.1) is 11.3 Å². The van der Waals surface area contributed by atoms with Crippen molar-refractivity contribution in [1.29, 1.82) is 0 Å². The highest BCUT2D eigenvalue weighted by molar-refractivity contribution is 7.13. The number of hydrogen-bond acceptors (Lipinski definition) is 3. The van der Waals surface area contributed by atoms with Crippen LogP contribution < -0.4 is 0 Å². The van der Waals surface area contributed by atoms with E-state index in [2.05, 4.69) is 53.3 Å². The van der Waals surface area contributed by atoms with E-state index in [1.54, 1.807) is 11.3 Å². The summed E-state index contributed by atoms with van der Waals surface area (Å²) in [6, 6.07) is 22.8. The van der Waals surface area contributed by atoms with E-state index in [1.807, 2.05) is 49.1 Å². The fourth-order valence-corrected chi connectivity index (χ4v) is 4.85. The number of aryl methyl sites for hydroxylation is 1. The van der Waals surface area contributed by atoms with Gasteiger partial charge in [-0.05, 0) is 38.8 Å². The Morgan fingerprint density at radius 1 is 1.00 bits per heavy atom. The molecule has 4 aromatic rings. The van der Waals surface area contributed by atoms with Crippen molar-refractivity contribution >= 4 is 17.2 Å². The van der Waals surface area contributed by atoms with Gasteiger partial charge in [-0.1, -0.05) is 60.7 Å². The summed E-state index contributed by atoms with van der Waals surface area (Å²) in [5.74, 6) is 0.0886. The lowest BCUT2D eigenvalue weighted by molar-refractivity contribution is 0.0772. The minimum atomic E-state index is 0.0886. The fraction of sp³-hybridized carbons (Fsp3) is 0.259. The van der Waals surface area contributed by atoms with Crippen molar-refractivity contribution < 1.29 is 4.79 Å². The number of carbonyl (C=O) groups is 1. The van der Waals surface area contributed by atoms with Gasteiger partial charge in [-0.25, -0.2) is 4.98 Å². The lowest BCUT2D eigenvalue weighted by Crippen LogP contribution is -2.30. The van der Waals surface area contributed by atoms with Crippen molar-refractivity contribution in [1.82, 2.24) is 14.5 Å². The van der Waals surface area contributed by atoms with Gasteiger partial charge in [-0.3, -0.25) is 4.79 Å². The zero-order chi connectivity index (χ0) is 22.5. The monoisotopic (exact) mass is 443 g/mol. The number of amides is 1. The second kappa shape index (κ2) is 9.96. The Labute approximate surface area is 194 Å². The second-order valence-electron chi connectivity index (χ2n) is 7.80. The predicted octanol–water partition coefficient (Wildman–Crippen LogP) is 6.31. The molecule has 0 aliphatic carbocycles. The van der Waals surface area contributed by atoms with Crippen LogP contribution in [0.15, 0.2) is 72.1 Å². The van der Waals surface area contributed by atoms with Crippen molar-refractivity contribution in [2.24, 2.45) is 0 Å². The molecule has 0 unspecified atom stereocenters. The minimum absolute atomic E-state index is 0.0886. The number of thiazole rings is 1. The molecule has 1 amide bonds. The molecular formula is C27H29N3OS. The number of carbonyl (C=O) groups excluding carboxylic acids is 1. The molecule has 32 heavy (non-hydrogen) atoms. The highest BCUT2D eigenvalue weighted by Gasteiger charge is 2.22. The molecule has 0 radical (unpaired) electrons. The molecule has 0 saturated carbocycles. The highest BCUT2D eigenvalue weighted by atomic mass is 32.1. The summed E-state index contributed by atoms with van der Waals surface area (Å²) in [4.78, 5) is 20.0. The molecule has 0 fully saturated rings. The Kier molecular flexibility index (Phi) is 6.86. The molecule has 0 atom stereocenters. The van der Waals surface area contributed by atoms with Crippen LogP contribution in [0.1, 0.15) is 35.5 Å². The summed E-state index contributed by atoms with van der Waals surface area (Å²) in [6.07, 6.45) is 0.901. The van der Waals surface area contributed by atoms with Crippen LogP contribution in [0.5, 0.6) is 0 Å². The van der Waals surface area contributed by atoms with Crippen molar-refractivity contribution in [3.8, 4) is 22.0 Å². The Morgan fingerprint density at radius 2 is 1.66 bits per heavy atom. The fourth-order valence-electron chi connectivity index (χ4n) is 4.03. The summed E-state index contributed by atoms with van der Waals surface area (Å²) < 4.78 is 2.26. The van der Waals surface area contributed by atoms with E-state index < -0.39 is 0 Å². The first-order chi connectivity index (χ1) is 15.6. The van der Waals surface area contributed by atoms with Gasteiger partial charge < -0.3 is 9.47 Å². The number of benzene rings is 2. The van der Waals surface area contributed by atoms with Gasteiger partial charge in [0.25, 0.3) is 5.91 Å². The van der Waals surface area contributed by atoms with Crippen molar-refractivity contribution in [3.63, 3.8) is 0 Å². The number of aromatic nitrogens is 2. The van der Waals surface area contributed by atoms with Crippen molar-refractivity contribution in [2.75, 3.05) is 13.1 Å². The molecule has 2 heterocycles. The number of rotatable bonds is 8. The normalized spacial score (nSPS) is 11.0. The maximum atomic E-state index is 13.2. The standard InChI is InChI=1S/C27H29N3OS/c1-4-29(5-2)27(31)23-18-25(24-19-32-26(28-24)22-14-10-7-11-15-22)30(20(23)3)17-16-21-12-8-6-9-13-21/h6-15,18-19H,4-5,16-17H2,1-3H3. The quantitative estimate of drug-likeness (QED) is 0.320. The average Bonchev–Trinajstić information content (AvgIpc) is 3.44. The van der Waals surface area contributed by atoms with Crippen LogP contribution in [0, 0.1) is 6.92 Å². The lowest BCUT2D eigenvalue weighted by atomic mass is 10.1. The van der Waals surface area contributed by atoms with Crippen LogP contribution in [-0.4, -0.2) is 33.4 Å². The van der Waals surface area contributed by atoms with Crippen molar-refractivity contribution in [2.45, 2.75) is 33.7 Å². The lowest BCUT2D eigenvalue weighted by Gasteiger charge is -2.18. The first-order valence-electron chi connectivity index (χ1n) is 11.2. The van der Waals surface area contributed by atoms with Gasteiger partial charge in [0.1, 0.15) is 5.01 Å². The van der Waals surface area contributed by atoms with Gasteiger partial charge in [0.2, 0.25) is 0 Å². The smallest absolute Gasteiger partial charge is 0.255 e. The molecular weight excluding hydrogens is 414 g/mol.